The zero-order valence-corrected chi connectivity index (χ0v) is 17.1. The van der Waals surface area contributed by atoms with Gasteiger partial charge < -0.3 is 15.1 Å². The molecule has 2 aromatic rings. The number of hydrogen-bond donors (Lipinski definition) is 1. The number of likely N-dealkylation sites (N-methyl/N-ethyl adjacent to an activating group) is 1. The third-order valence-electron chi connectivity index (χ3n) is 5.34. The number of nitrogens with one attached hydrogen (secondary N) is 1. The van der Waals surface area contributed by atoms with Gasteiger partial charge in [-0.25, -0.2) is 0 Å². The van der Waals surface area contributed by atoms with Gasteiger partial charge >= 0.3 is 0 Å². The van der Waals surface area contributed by atoms with Gasteiger partial charge in [-0.05, 0) is 69.0 Å². The van der Waals surface area contributed by atoms with Crippen LogP contribution in [0.5, 0.6) is 0 Å². The topological polar surface area (TPSA) is 18.5 Å². The van der Waals surface area contributed by atoms with Gasteiger partial charge in [0.1, 0.15) is 0 Å². The highest BCUT2D eigenvalue weighted by Crippen LogP contribution is 2.45. The van der Waals surface area contributed by atoms with Gasteiger partial charge in [-0.1, -0.05) is 40.9 Å². The third-order valence-corrected chi connectivity index (χ3v) is 6.19. The van der Waals surface area contributed by atoms with Gasteiger partial charge in [-0.3, -0.25) is 0 Å². The summed E-state index contributed by atoms with van der Waals surface area (Å²) in [5, 5.41) is 5.21. The maximum Gasteiger partial charge on any atom is 0.178 e. The van der Waals surface area contributed by atoms with Crippen LogP contribution in [0.4, 0.5) is 11.4 Å². The molecule has 0 unspecified atom stereocenters. The Morgan fingerprint density at radius 3 is 2.77 bits per heavy atom. The van der Waals surface area contributed by atoms with Gasteiger partial charge in [0.2, 0.25) is 0 Å². The van der Waals surface area contributed by atoms with Crippen LogP contribution in [-0.4, -0.2) is 36.2 Å². The average Bonchev–Trinajstić information content (AvgIpc) is 2.90. The molecular weight excluding hydrogens is 385 g/mol. The van der Waals surface area contributed by atoms with Crippen molar-refractivity contribution in [3.8, 4) is 0 Å². The summed E-state index contributed by atoms with van der Waals surface area (Å²) in [5.74, 6) is 0.476. The average molecular weight is 406 g/mol. The van der Waals surface area contributed by atoms with Gasteiger partial charge in [0, 0.05) is 29.2 Å². The van der Waals surface area contributed by atoms with Crippen LogP contribution in [0.25, 0.3) is 0 Å². The Labute approximate surface area is 169 Å². The van der Waals surface area contributed by atoms with E-state index < -0.39 is 0 Å². The summed E-state index contributed by atoms with van der Waals surface area (Å²) < 4.78 is 0. The molecule has 1 fully saturated rings. The molecule has 0 radical (unpaired) electrons. The Hall–Kier alpha value is -1.33. The van der Waals surface area contributed by atoms with Gasteiger partial charge in [0.15, 0.2) is 5.11 Å². The van der Waals surface area contributed by atoms with Gasteiger partial charge in [0.05, 0.1) is 10.7 Å². The summed E-state index contributed by atoms with van der Waals surface area (Å²) in [5.41, 5.74) is 4.68. The highest BCUT2D eigenvalue weighted by molar-refractivity contribution is 7.80. The Balaban J connectivity index is 1.68. The first-order valence-electron chi connectivity index (χ1n) is 8.78. The second-order valence-corrected chi connectivity index (χ2v) is 8.44. The molecule has 2 aliphatic rings. The van der Waals surface area contributed by atoms with Crippen molar-refractivity contribution in [3.05, 3.63) is 57.6 Å². The number of aryl methyl sites for hydroxylation is 1. The maximum absolute atomic E-state index is 6.33. The van der Waals surface area contributed by atoms with Crippen LogP contribution in [0.2, 0.25) is 10.0 Å². The molecule has 3 nitrogen and oxygen atoms in total. The smallest absolute Gasteiger partial charge is 0.178 e. The van der Waals surface area contributed by atoms with E-state index >= 15 is 0 Å². The number of likely N-dealkylation sites (tertiary alicyclic amines) is 1. The van der Waals surface area contributed by atoms with E-state index in [0.717, 1.165) is 25.2 Å². The van der Waals surface area contributed by atoms with Crippen molar-refractivity contribution in [1.29, 1.82) is 0 Å². The van der Waals surface area contributed by atoms with E-state index in [-0.39, 0.29) is 0 Å². The van der Waals surface area contributed by atoms with E-state index in [2.05, 4.69) is 47.3 Å². The molecule has 0 spiro atoms. The third kappa shape index (κ3) is 3.20. The predicted octanol–water partition coefficient (Wildman–Crippen LogP) is 5.31. The number of rotatable bonds is 1. The summed E-state index contributed by atoms with van der Waals surface area (Å²) in [4.78, 5) is 4.69. The second kappa shape index (κ2) is 7.01. The molecule has 0 aromatic heterocycles. The standard InChI is InChI=1S/C20H21Cl2N3S/c1-12-3-6-18-14(9-12)15-11-24(2)8-7-19(15)25(18)20(26)23-17-5-4-13(21)10-16(17)22/h3-6,9-10,15,19H,7-8,11H2,1-2H3,(H,23,26)/t15-,19+/m0/s1. The van der Waals surface area contributed by atoms with Crippen LogP contribution >= 0.6 is 35.4 Å². The molecule has 0 amide bonds. The molecule has 0 aliphatic carbocycles. The Morgan fingerprint density at radius 2 is 2.00 bits per heavy atom. The van der Waals surface area contributed by atoms with E-state index in [9.17, 15) is 0 Å². The number of anilines is 2. The fourth-order valence-corrected chi connectivity index (χ4v) is 4.91. The van der Waals surface area contributed by atoms with Crippen LogP contribution < -0.4 is 10.2 Å². The first-order chi connectivity index (χ1) is 12.4. The molecule has 0 saturated carbocycles. The molecule has 2 atom stereocenters. The lowest BCUT2D eigenvalue weighted by molar-refractivity contribution is 0.237. The van der Waals surface area contributed by atoms with Crippen molar-refractivity contribution in [1.82, 2.24) is 4.90 Å². The lowest BCUT2D eigenvalue weighted by Crippen LogP contribution is -2.48. The fraction of sp³-hybridized carbons (Fsp3) is 0.350. The lowest BCUT2D eigenvalue weighted by atomic mass is 9.89. The fourth-order valence-electron chi connectivity index (χ4n) is 4.11. The minimum Gasteiger partial charge on any atom is -0.331 e. The summed E-state index contributed by atoms with van der Waals surface area (Å²) in [6.07, 6.45) is 1.09. The van der Waals surface area contributed by atoms with Gasteiger partial charge in [-0.2, -0.15) is 0 Å². The predicted molar refractivity (Wildman–Crippen MR) is 115 cm³/mol. The highest BCUT2D eigenvalue weighted by Gasteiger charge is 2.42. The SMILES string of the molecule is Cc1ccc2c(c1)[C@@H]1CN(C)CC[C@H]1N2C(=S)Nc1ccc(Cl)cc1Cl. The molecule has 26 heavy (non-hydrogen) atoms. The van der Waals surface area contributed by atoms with Crippen LogP contribution in [-0.2, 0) is 0 Å². The van der Waals surface area contributed by atoms with Crippen LogP contribution in [0.1, 0.15) is 23.5 Å². The molecular formula is C20H21Cl2N3S. The van der Waals surface area contributed by atoms with Crippen LogP contribution in [0.15, 0.2) is 36.4 Å². The first-order valence-corrected chi connectivity index (χ1v) is 9.95. The zero-order valence-electron chi connectivity index (χ0n) is 14.8. The van der Waals surface area contributed by atoms with Crippen molar-refractivity contribution < 1.29 is 0 Å². The molecule has 1 N–H and O–H groups in total. The van der Waals surface area contributed by atoms with Crippen LogP contribution in [0, 0.1) is 6.92 Å². The van der Waals surface area contributed by atoms with Gasteiger partial charge in [0.25, 0.3) is 0 Å². The number of piperidine rings is 1. The van der Waals surface area contributed by atoms with E-state index in [1.165, 1.54) is 16.8 Å². The summed E-state index contributed by atoms with van der Waals surface area (Å²) in [7, 11) is 2.19. The molecule has 2 heterocycles. The summed E-state index contributed by atoms with van der Waals surface area (Å²) in [6.45, 7) is 4.28. The quantitative estimate of drug-likeness (QED) is 0.647. The minimum atomic E-state index is 0.383. The van der Waals surface area contributed by atoms with Crippen molar-refractivity contribution in [2.75, 3.05) is 30.4 Å². The van der Waals surface area contributed by atoms with Crippen molar-refractivity contribution in [2.24, 2.45) is 0 Å². The molecule has 2 aromatic carbocycles. The van der Waals surface area contributed by atoms with Crippen molar-refractivity contribution in [2.45, 2.75) is 25.3 Å². The number of benzene rings is 2. The molecule has 2 aliphatic heterocycles. The van der Waals surface area contributed by atoms with E-state index in [0.29, 0.717) is 27.1 Å². The van der Waals surface area contributed by atoms with Crippen LogP contribution in [0.3, 0.4) is 0 Å². The summed E-state index contributed by atoms with van der Waals surface area (Å²) >= 11 is 18.1. The van der Waals surface area contributed by atoms with E-state index in [4.69, 9.17) is 35.4 Å². The van der Waals surface area contributed by atoms with Crippen molar-refractivity contribution in [3.63, 3.8) is 0 Å². The van der Waals surface area contributed by atoms with E-state index in [1.54, 1.807) is 6.07 Å². The number of fused-ring (bicyclic) bond motifs is 3. The molecule has 136 valence electrons. The van der Waals surface area contributed by atoms with Crippen molar-refractivity contribution >= 4 is 51.9 Å². The number of halogens is 2. The molecule has 1 saturated heterocycles. The normalized spacial score (nSPS) is 22.1. The van der Waals surface area contributed by atoms with Gasteiger partial charge in [-0.15, -0.1) is 0 Å². The monoisotopic (exact) mass is 405 g/mol. The Morgan fingerprint density at radius 1 is 1.19 bits per heavy atom. The lowest BCUT2D eigenvalue weighted by Gasteiger charge is -2.37. The highest BCUT2D eigenvalue weighted by atomic mass is 35.5. The molecule has 0 bridgehead atoms. The van der Waals surface area contributed by atoms with E-state index in [1.807, 2.05) is 12.1 Å². The number of nitrogens with zero attached hydrogens (tertiary/aromatic N) is 2. The number of thiocarbonyl (C=S) groups is 1. The Bertz CT molecular complexity index is 870. The minimum absolute atomic E-state index is 0.383. The zero-order chi connectivity index (χ0) is 18.4. The summed E-state index contributed by atoms with van der Waals surface area (Å²) in [6, 6.07) is 12.5. The molecule has 6 heteroatoms. The largest absolute Gasteiger partial charge is 0.331 e. The molecule has 4 rings (SSSR count). The number of hydrogen-bond acceptors (Lipinski definition) is 2. The second-order valence-electron chi connectivity index (χ2n) is 7.21. The Kier molecular flexibility index (Phi) is 4.86. The first kappa shape index (κ1) is 18.1. The maximum atomic E-state index is 6.33.